The third kappa shape index (κ3) is 1.97. The van der Waals surface area contributed by atoms with Crippen LogP contribution in [0.5, 0.6) is 0 Å². The van der Waals surface area contributed by atoms with Crippen LogP contribution in [0.4, 0.5) is 0 Å². The molecule has 0 aliphatic heterocycles. The molecular weight excluding hydrogens is 154 g/mol. The predicted molar refractivity (Wildman–Crippen MR) is 46.8 cm³/mol. The summed E-state index contributed by atoms with van der Waals surface area (Å²) in [7, 11) is 3.27. The number of likely N-dealkylation sites (N-methyl/N-ethyl adjacent to an activating group) is 1. The summed E-state index contributed by atoms with van der Waals surface area (Å²) in [5, 5.41) is 3.02. The van der Waals surface area contributed by atoms with Gasteiger partial charge in [-0.3, -0.25) is 4.79 Å². The smallest absolute Gasteiger partial charge is 0.323 e. The second-order valence-electron chi connectivity index (χ2n) is 3.33. The summed E-state index contributed by atoms with van der Waals surface area (Å²) < 4.78 is 4.71. The van der Waals surface area contributed by atoms with Gasteiger partial charge in [0, 0.05) is 0 Å². The van der Waals surface area contributed by atoms with E-state index >= 15 is 0 Å². The molecule has 70 valence electrons. The summed E-state index contributed by atoms with van der Waals surface area (Å²) in [5.74, 6) is 0.367. The molecule has 0 aromatic rings. The van der Waals surface area contributed by atoms with E-state index in [1.165, 1.54) is 20.0 Å². The molecule has 0 amide bonds. The van der Waals surface area contributed by atoms with Crippen molar-refractivity contribution in [3.63, 3.8) is 0 Å². The van der Waals surface area contributed by atoms with Crippen LogP contribution >= 0.6 is 0 Å². The van der Waals surface area contributed by atoms with Gasteiger partial charge in [-0.1, -0.05) is 12.8 Å². The van der Waals surface area contributed by atoms with Crippen LogP contribution in [-0.4, -0.2) is 26.2 Å². The maximum absolute atomic E-state index is 11.2. The van der Waals surface area contributed by atoms with Gasteiger partial charge in [0.1, 0.15) is 6.04 Å². The van der Waals surface area contributed by atoms with E-state index in [0.29, 0.717) is 5.92 Å². The molecule has 1 unspecified atom stereocenters. The minimum Gasteiger partial charge on any atom is -0.468 e. The van der Waals surface area contributed by atoms with E-state index in [2.05, 4.69) is 5.32 Å². The fourth-order valence-corrected chi connectivity index (χ4v) is 1.96. The highest BCUT2D eigenvalue weighted by Crippen LogP contribution is 2.27. The topological polar surface area (TPSA) is 38.3 Å². The zero-order chi connectivity index (χ0) is 8.97. The highest BCUT2D eigenvalue weighted by molar-refractivity contribution is 5.76. The lowest BCUT2D eigenvalue weighted by Crippen LogP contribution is -2.40. The van der Waals surface area contributed by atoms with E-state index < -0.39 is 0 Å². The Kier molecular flexibility index (Phi) is 3.53. The zero-order valence-electron chi connectivity index (χ0n) is 7.80. The molecule has 0 bridgehead atoms. The quantitative estimate of drug-likeness (QED) is 0.642. The van der Waals surface area contributed by atoms with Gasteiger partial charge < -0.3 is 10.1 Å². The Hall–Kier alpha value is -0.570. The number of ether oxygens (including phenoxy) is 1. The van der Waals surface area contributed by atoms with Gasteiger partial charge in [0.2, 0.25) is 0 Å². The molecule has 12 heavy (non-hydrogen) atoms. The Morgan fingerprint density at radius 2 is 2.08 bits per heavy atom. The number of rotatable bonds is 3. The minimum atomic E-state index is -0.121. The van der Waals surface area contributed by atoms with E-state index in [-0.39, 0.29) is 12.0 Å². The van der Waals surface area contributed by atoms with Crippen molar-refractivity contribution in [1.29, 1.82) is 0 Å². The number of carbonyl (C=O) groups excluding carboxylic acids is 1. The highest BCUT2D eigenvalue weighted by atomic mass is 16.5. The fraction of sp³-hybridized carbons (Fsp3) is 0.889. The molecule has 1 aliphatic rings. The number of hydrogen-bond donors (Lipinski definition) is 1. The first-order valence-corrected chi connectivity index (χ1v) is 4.54. The molecule has 1 aliphatic carbocycles. The van der Waals surface area contributed by atoms with Gasteiger partial charge in [-0.15, -0.1) is 0 Å². The average Bonchev–Trinajstić information content (AvgIpc) is 2.58. The van der Waals surface area contributed by atoms with Crippen LogP contribution in [0, 0.1) is 5.92 Å². The van der Waals surface area contributed by atoms with Gasteiger partial charge in [-0.05, 0) is 25.8 Å². The maximum Gasteiger partial charge on any atom is 0.323 e. The summed E-state index contributed by atoms with van der Waals surface area (Å²) in [6.07, 6.45) is 4.81. The van der Waals surface area contributed by atoms with E-state index in [0.717, 1.165) is 12.8 Å². The van der Waals surface area contributed by atoms with Crippen molar-refractivity contribution >= 4 is 5.97 Å². The molecule has 0 spiro atoms. The largest absolute Gasteiger partial charge is 0.468 e. The van der Waals surface area contributed by atoms with Crippen LogP contribution < -0.4 is 5.32 Å². The minimum absolute atomic E-state index is 0.0856. The summed E-state index contributed by atoms with van der Waals surface area (Å²) in [6, 6.07) is -0.0856. The van der Waals surface area contributed by atoms with E-state index in [4.69, 9.17) is 4.74 Å². The van der Waals surface area contributed by atoms with Crippen molar-refractivity contribution in [2.75, 3.05) is 14.2 Å². The van der Waals surface area contributed by atoms with Gasteiger partial charge >= 0.3 is 5.97 Å². The van der Waals surface area contributed by atoms with Crippen molar-refractivity contribution in [2.45, 2.75) is 31.7 Å². The SMILES string of the molecule is CNC(C(=O)OC)C1CCCC1. The third-order valence-corrected chi connectivity index (χ3v) is 2.64. The fourth-order valence-electron chi connectivity index (χ4n) is 1.96. The third-order valence-electron chi connectivity index (χ3n) is 2.64. The highest BCUT2D eigenvalue weighted by Gasteiger charge is 2.29. The molecule has 1 fully saturated rings. The number of esters is 1. The lowest BCUT2D eigenvalue weighted by molar-refractivity contribution is -0.144. The summed E-state index contributed by atoms with van der Waals surface area (Å²) in [5.41, 5.74) is 0. The average molecular weight is 171 g/mol. The van der Waals surface area contributed by atoms with Crippen LogP contribution in [-0.2, 0) is 9.53 Å². The van der Waals surface area contributed by atoms with Gasteiger partial charge in [-0.2, -0.15) is 0 Å². The van der Waals surface area contributed by atoms with Gasteiger partial charge in [0.05, 0.1) is 7.11 Å². The predicted octanol–water partition coefficient (Wildman–Crippen LogP) is 0.938. The molecular formula is C9H17NO2. The van der Waals surface area contributed by atoms with Crippen LogP contribution in [0.1, 0.15) is 25.7 Å². The molecule has 0 aromatic carbocycles. The molecule has 0 aromatic heterocycles. The van der Waals surface area contributed by atoms with E-state index in [9.17, 15) is 4.79 Å². The number of hydrogen-bond acceptors (Lipinski definition) is 3. The molecule has 1 atom stereocenters. The molecule has 0 heterocycles. The monoisotopic (exact) mass is 171 g/mol. The van der Waals surface area contributed by atoms with Crippen molar-refractivity contribution < 1.29 is 9.53 Å². The van der Waals surface area contributed by atoms with Gasteiger partial charge in [0.25, 0.3) is 0 Å². The van der Waals surface area contributed by atoms with Crippen LogP contribution in [0.15, 0.2) is 0 Å². The van der Waals surface area contributed by atoms with Crippen molar-refractivity contribution in [3.05, 3.63) is 0 Å². The first-order valence-electron chi connectivity index (χ1n) is 4.54. The molecule has 1 N–H and O–H groups in total. The molecule has 1 rings (SSSR count). The molecule has 0 saturated heterocycles. The second kappa shape index (κ2) is 4.45. The number of nitrogens with one attached hydrogen (secondary N) is 1. The lowest BCUT2D eigenvalue weighted by atomic mass is 9.98. The first-order chi connectivity index (χ1) is 5.79. The van der Waals surface area contributed by atoms with Crippen molar-refractivity contribution in [2.24, 2.45) is 5.92 Å². The Bertz CT molecular complexity index is 153. The molecule has 1 saturated carbocycles. The van der Waals surface area contributed by atoms with Crippen molar-refractivity contribution in [3.8, 4) is 0 Å². The van der Waals surface area contributed by atoms with Gasteiger partial charge in [0.15, 0.2) is 0 Å². The molecule has 3 nitrogen and oxygen atoms in total. The first kappa shape index (κ1) is 9.52. The molecule has 0 radical (unpaired) electrons. The van der Waals surface area contributed by atoms with Crippen molar-refractivity contribution in [1.82, 2.24) is 5.32 Å². The van der Waals surface area contributed by atoms with Crippen LogP contribution in [0.3, 0.4) is 0 Å². The maximum atomic E-state index is 11.2. The summed E-state index contributed by atoms with van der Waals surface area (Å²) >= 11 is 0. The normalized spacial score (nSPS) is 20.8. The Balaban J connectivity index is 2.48. The summed E-state index contributed by atoms with van der Waals surface area (Å²) in [6.45, 7) is 0. The second-order valence-corrected chi connectivity index (χ2v) is 3.33. The number of carbonyl (C=O) groups is 1. The zero-order valence-corrected chi connectivity index (χ0v) is 7.80. The molecule has 3 heteroatoms. The van der Waals surface area contributed by atoms with E-state index in [1.54, 1.807) is 0 Å². The van der Waals surface area contributed by atoms with Crippen LogP contribution in [0.2, 0.25) is 0 Å². The Morgan fingerprint density at radius 3 is 2.50 bits per heavy atom. The van der Waals surface area contributed by atoms with Crippen LogP contribution in [0.25, 0.3) is 0 Å². The Morgan fingerprint density at radius 1 is 1.50 bits per heavy atom. The lowest BCUT2D eigenvalue weighted by Gasteiger charge is -2.19. The van der Waals surface area contributed by atoms with Gasteiger partial charge in [-0.25, -0.2) is 0 Å². The summed E-state index contributed by atoms with van der Waals surface area (Å²) in [4.78, 5) is 11.2. The number of methoxy groups -OCH3 is 1. The standard InChI is InChI=1S/C9H17NO2/c1-10-8(9(11)12-2)7-5-3-4-6-7/h7-8,10H,3-6H2,1-2H3. The van der Waals surface area contributed by atoms with E-state index in [1.807, 2.05) is 7.05 Å². The Labute approximate surface area is 73.5 Å².